The molecule has 0 spiro atoms. The molecule has 6 heteroatoms. The number of halogens is 1. The number of aromatic nitrogens is 2. The van der Waals surface area contributed by atoms with Crippen molar-refractivity contribution in [3.8, 4) is 0 Å². The van der Waals surface area contributed by atoms with Gasteiger partial charge in [-0.2, -0.15) is 0 Å². The first-order chi connectivity index (χ1) is 5.75. The van der Waals surface area contributed by atoms with Crippen LogP contribution in [0, 0.1) is 0 Å². The van der Waals surface area contributed by atoms with Gasteiger partial charge in [0.25, 0.3) is 5.56 Å². The Balaban J connectivity index is 2.85. The average molecular weight is 189 g/mol. The van der Waals surface area contributed by atoms with E-state index in [2.05, 4.69) is 15.3 Å². The van der Waals surface area contributed by atoms with Gasteiger partial charge in [0.15, 0.2) is 5.82 Å². The van der Waals surface area contributed by atoms with Gasteiger partial charge >= 0.3 is 0 Å². The highest BCUT2D eigenvalue weighted by Crippen LogP contribution is 2.10. The average Bonchev–Trinajstić information content (AvgIpc) is 2.08. The van der Waals surface area contributed by atoms with Gasteiger partial charge in [-0.3, -0.25) is 4.79 Å². The number of H-pyrrole nitrogens is 1. The lowest BCUT2D eigenvalue weighted by Gasteiger charge is -2.03. The highest BCUT2D eigenvalue weighted by Gasteiger charge is 2.02. The Morgan fingerprint density at radius 2 is 2.50 bits per heavy atom. The molecule has 5 nitrogen and oxygen atoms in total. The number of nitrogens with zero attached hydrogens (tertiary/aromatic N) is 1. The molecular formula is C6H9ClN4O. The summed E-state index contributed by atoms with van der Waals surface area (Å²) in [5.41, 5.74) is 4.89. The normalized spacial score (nSPS) is 9.83. The monoisotopic (exact) mass is 188 g/mol. The first-order valence-corrected chi connectivity index (χ1v) is 3.80. The molecule has 0 fully saturated rings. The summed E-state index contributed by atoms with van der Waals surface area (Å²) >= 11 is 5.62. The van der Waals surface area contributed by atoms with Crippen LogP contribution in [0.25, 0.3) is 0 Å². The van der Waals surface area contributed by atoms with Crippen LogP contribution in [-0.4, -0.2) is 23.1 Å². The third-order valence-corrected chi connectivity index (χ3v) is 1.58. The van der Waals surface area contributed by atoms with Crippen LogP contribution in [0.3, 0.4) is 0 Å². The molecule has 0 radical (unpaired) electrons. The quantitative estimate of drug-likeness (QED) is 0.613. The molecule has 0 aromatic carbocycles. The topological polar surface area (TPSA) is 83.8 Å². The Labute approximate surface area is 74.0 Å². The van der Waals surface area contributed by atoms with E-state index >= 15 is 0 Å². The minimum atomic E-state index is -0.355. The predicted octanol–water partition coefficient (Wildman–Crippen LogP) is -0.206. The smallest absolute Gasteiger partial charge is 0.271 e. The van der Waals surface area contributed by atoms with Crippen LogP contribution in [0.2, 0.25) is 5.02 Å². The minimum absolute atomic E-state index is 0.0611. The van der Waals surface area contributed by atoms with E-state index in [9.17, 15) is 4.79 Å². The van der Waals surface area contributed by atoms with E-state index in [-0.39, 0.29) is 10.6 Å². The maximum absolute atomic E-state index is 10.9. The second-order valence-electron chi connectivity index (χ2n) is 2.11. The summed E-state index contributed by atoms with van der Waals surface area (Å²) in [6, 6.07) is 0. The lowest BCUT2D eigenvalue weighted by molar-refractivity contribution is 0.999. The Kier molecular flexibility index (Phi) is 3.07. The largest absolute Gasteiger partial charge is 0.367 e. The lowest BCUT2D eigenvalue weighted by atomic mass is 10.5. The minimum Gasteiger partial charge on any atom is -0.367 e. The van der Waals surface area contributed by atoms with Crippen molar-refractivity contribution in [1.29, 1.82) is 0 Å². The second-order valence-corrected chi connectivity index (χ2v) is 2.49. The molecular weight excluding hydrogens is 180 g/mol. The van der Waals surface area contributed by atoms with Gasteiger partial charge in [0.2, 0.25) is 0 Å². The zero-order valence-corrected chi connectivity index (χ0v) is 7.06. The fourth-order valence-corrected chi connectivity index (χ4v) is 0.867. The highest BCUT2D eigenvalue weighted by atomic mass is 35.5. The van der Waals surface area contributed by atoms with Gasteiger partial charge in [-0.05, 0) is 0 Å². The molecule has 1 aromatic heterocycles. The van der Waals surface area contributed by atoms with Crippen molar-refractivity contribution in [2.45, 2.75) is 0 Å². The third kappa shape index (κ3) is 1.96. The Morgan fingerprint density at radius 3 is 3.17 bits per heavy atom. The zero-order valence-electron chi connectivity index (χ0n) is 6.30. The first kappa shape index (κ1) is 9.02. The summed E-state index contributed by atoms with van der Waals surface area (Å²) in [4.78, 5) is 17.1. The summed E-state index contributed by atoms with van der Waals surface area (Å²) in [5, 5.41) is 2.88. The highest BCUT2D eigenvalue weighted by molar-refractivity contribution is 6.32. The van der Waals surface area contributed by atoms with Gasteiger partial charge in [0.1, 0.15) is 5.02 Å². The molecule has 1 heterocycles. The summed E-state index contributed by atoms with van der Waals surface area (Å²) in [7, 11) is 0. The molecule has 0 atom stereocenters. The van der Waals surface area contributed by atoms with Crippen molar-refractivity contribution in [3.05, 3.63) is 21.7 Å². The summed E-state index contributed by atoms with van der Waals surface area (Å²) in [6.45, 7) is 1.00. The molecule has 1 rings (SSSR count). The standard InChI is InChI=1S/C6H9ClN4O/c7-4-5(9-2-1-8)10-3-11-6(4)12/h3H,1-2,8H2,(H2,9,10,11,12). The molecule has 0 aliphatic rings. The van der Waals surface area contributed by atoms with Crippen molar-refractivity contribution in [1.82, 2.24) is 9.97 Å². The van der Waals surface area contributed by atoms with Gasteiger partial charge in [-0.15, -0.1) is 0 Å². The number of rotatable bonds is 3. The van der Waals surface area contributed by atoms with Crippen LogP contribution in [0.1, 0.15) is 0 Å². The zero-order chi connectivity index (χ0) is 8.97. The van der Waals surface area contributed by atoms with E-state index in [4.69, 9.17) is 17.3 Å². The molecule has 0 aliphatic carbocycles. The molecule has 12 heavy (non-hydrogen) atoms. The van der Waals surface area contributed by atoms with E-state index in [1.165, 1.54) is 6.33 Å². The summed E-state index contributed by atoms with van der Waals surface area (Å²) in [5.74, 6) is 0.367. The fourth-order valence-electron chi connectivity index (χ4n) is 0.697. The van der Waals surface area contributed by atoms with Gasteiger partial charge < -0.3 is 16.0 Å². The van der Waals surface area contributed by atoms with Gasteiger partial charge in [-0.1, -0.05) is 11.6 Å². The Hall–Kier alpha value is -1.07. The molecule has 0 bridgehead atoms. The van der Waals surface area contributed by atoms with Gasteiger partial charge in [0.05, 0.1) is 6.33 Å². The molecule has 66 valence electrons. The van der Waals surface area contributed by atoms with Gasteiger partial charge in [-0.25, -0.2) is 4.98 Å². The van der Waals surface area contributed by atoms with E-state index < -0.39 is 0 Å². The van der Waals surface area contributed by atoms with Crippen molar-refractivity contribution >= 4 is 17.4 Å². The maximum atomic E-state index is 10.9. The third-order valence-electron chi connectivity index (χ3n) is 1.23. The van der Waals surface area contributed by atoms with E-state index in [0.29, 0.717) is 18.9 Å². The number of nitrogens with one attached hydrogen (secondary N) is 2. The second kappa shape index (κ2) is 4.08. The van der Waals surface area contributed by atoms with Crippen molar-refractivity contribution in [2.24, 2.45) is 5.73 Å². The fraction of sp³-hybridized carbons (Fsp3) is 0.333. The Bertz CT molecular complexity index is 311. The van der Waals surface area contributed by atoms with Crippen LogP contribution in [0.15, 0.2) is 11.1 Å². The van der Waals surface area contributed by atoms with Gasteiger partial charge in [0, 0.05) is 13.1 Å². The van der Waals surface area contributed by atoms with Crippen molar-refractivity contribution < 1.29 is 0 Å². The number of anilines is 1. The van der Waals surface area contributed by atoms with Crippen LogP contribution in [0.5, 0.6) is 0 Å². The van der Waals surface area contributed by atoms with Crippen LogP contribution < -0.4 is 16.6 Å². The summed E-state index contributed by atoms with van der Waals surface area (Å²) in [6.07, 6.45) is 1.28. The van der Waals surface area contributed by atoms with Crippen LogP contribution >= 0.6 is 11.6 Å². The molecule has 0 saturated heterocycles. The molecule has 1 aromatic rings. The molecule has 0 aliphatic heterocycles. The molecule has 4 N–H and O–H groups in total. The predicted molar refractivity (Wildman–Crippen MR) is 47.4 cm³/mol. The number of hydrogen-bond donors (Lipinski definition) is 3. The summed E-state index contributed by atoms with van der Waals surface area (Å²) < 4.78 is 0. The van der Waals surface area contributed by atoms with E-state index in [0.717, 1.165) is 0 Å². The molecule has 0 amide bonds. The first-order valence-electron chi connectivity index (χ1n) is 3.43. The maximum Gasteiger partial charge on any atom is 0.271 e. The van der Waals surface area contributed by atoms with Crippen LogP contribution in [-0.2, 0) is 0 Å². The lowest BCUT2D eigenvalue weighted by Crippen LogP contribution is -2.17. The van der Waals surface area contributed by atoms with Crippen molar-refractivity contribution in [2.75, 3.05) is 18.4 Å². The molecule has 0 unspecified atom stereocenters. The van der Waals surface area contributed by atoms with E-state index in [1.54, 1.807) is 0 Å². The SMILES string of the molecule is NCCNc1nc[nH]c(=O)c1Cl. The number of aromatic amines is 1. The number of nitrogens with two attached hydrogens (primary N) is 1. The molecule has 0 saturated carbocycles. The Morgan fingerprint density at radius 1 is 1.75 bits per heavy atom. The van der Waals surface area contributed by atoms with Crippen LogP contribution in [0.4, 0.5) is 5.82 Å². The van der Waals surface area contributed by atoms with E-state index in [1.807, 2.05) is 0 Å². The number of hydrogen-bond acceptors (Lipinski definition) is 4. The van der Waals surface area contributed by atoms with Crippen molar-refractivity contribution in [3.63, 3.8) is 0 Å².